The molecule has 0 radical (unpaired) electrons. The number of carbonyl (C=O) groups is 1. The van der Waals surface area contributed by atoms with Gasteiger partial charge < -0.3 is 20.1 Å². The van der Waals surface area contributed by atoms with E-state index in [4.69, 9.17) is 5.73 Å². The first-order valence-electron chi connectivity index (χ1n) is 12.3. The number of aromatic nitrogens is 3. The molecule has 4 aromatic rings. The smallest absolute Gasteiger partial charge is 0.253 e. The van der Waals surface area contributed by atoms with Crippen LogP contribution in [0.4, 0.5) is 11.5 Å². The van der Waals surface area contributed by atoms with E-state index >= 15 is 0 Å². The molecule has 1 aliphatic heterocycles. The molecule has 0 aliphatic carbocycles. The van der Waals surface area contributed by atoms with Gasteiger partial charge in [-0.15, -0.1) is 0 Å². The number of pyridine rings is 2. The monoisotopic (exact) mass is 483 g/mol. The van der Waals surface area contributed by atoms with Crippen molar-refractivity contribution in [3.05, 3.63) is 72.2 Å². The van der Waals surface area contributed by atoms with Crippen molar-refractivity contribution in [2.24, 2.45) is 7.05 Å². The molecule has 0 saturated carbocycles. The number of carbonyl (C=O) groups excluding carboxylic acids is 1. The predicted octanol–water partition coefficient (Wildman–Crippen LogP) is 3.63. The fourth-order valence-corrected chi connectivity index (χ4v) is 4.99. The molecule has 4 heterocycles. The van der Waals surface area contributed by atoms with Gasteiger partial charge in [0.2, 0.25) is 0 Å². The Bertz CT molecular complexity index is 1380. The van der Waals surface area contributed by atoms with Gasteiger partial charge in [0.25, 0.3) is 5.91 Å². The molecule has 3 aromatic heterocycles. The minimum atomic E-state index is 0.0278. The zero-order valence-electron chi connectivity index (χ0n) is 21.3. The lowest BCUT2D eigenvalue weighted by molar-refractivity contribution is 0.0827. The minimum absolute atomic E-state index is 0.0278. The van der Waals surface area contributed by atoms with Crippen molar-refractivity contribution in [3.63, 3.8) is 0 Å². The van der Waals surface area contributed by atoms with Gasteiger partial charge in [0.15, 0.2) is 0 Å². The van der Waals surface area contributed by atoms with Crippen LogP contribution in [0, 0.1) is 0 Å². The number of amides is 1. The lowest BCUT2D eigenvalue weighted by Crippen LogP contribution is -2.51. The van der Waals surface area contributed by atoms with Crippen LogP contribution in [0.1, 0.15) is 23.0 Å². The van der Waals surface area contributed by atoms with Gasteiger partial charge in [-0.05, 0) is 61.0 Å². The van der Waals surface area contributed by atoms with E-state index in [1.165, 1.54) is 5.69 Å². The Balaban J connectivity index is 1.31. The molecule has 1 atom stereocenters. The van der Waals surface area contributed by atoms with E-state index in [-0.39, 0.29) is 5.91 Å². The van der Waals surface area contributed by atoms with Crippen LogP contribution in [0.25, 0.3) is 22.2 Å². The van der Waals surface area contributed by atoms with Crippen molar-refractivity contribution in [1.82, 2.24) is 24.3 Å². The average Bonchev–Trinajstić information content (AvgIpc) is 3.20. The van der Waals surface area contributed by atoms with Gasteiger partial charge >= 0.3 is 0 Å². The summed E-state index contributed by atoms with van der Waals surface area (Å²) >= 11 is 0. The molecule has 0 bridgehead atoms. The lowest BCUT2D eigenvalue weighted by atomic mass is 10.1. The summed E-state index contributed by atoms with van der Waals surface area (Å²) < 4.78 is 2.20. The summed E-state index contributed by atoms with van der Waals surface area (Å²) in [6.07, 6.45) is 3.68. The summed E-state index contributed by atoms with van der Waals surface area (Å²) in [4.78, 5) is 27.7. The van der Waals surface area contributed by atoms with E-state index in [0.29, 0.717) is 17.4 Å². The summed E-state index contributed by atoms with van der Waals surface area (Å²) in [6.45, 7) is 5.98. The second-order valence-corrected chi connectivity index (χ2v) is 9.77. The molecule has 2 N–H and O–H groups in total. The number of benzene rings is 1. The third-order valence-electron chi connectivity index (χ3n) is 7.14. The molecule has 1 aliphatic rings. The van der Waals surface area contributed by atoms with Gasteiger partial charge in [-0.25, -0.2) is 9.97 Å². The standard InChI is InChI=1S/C28H33N7O/c1-19-17-35(22-8-5-20(6-9-22)28(36)32(2)3)14-13-34(19)18-23-15-25-24(11-12-30-27(25)33(23)4)21-7-10-26(29)31-16-21/h5-12,15-16,19H,13-14,17-18H2,1-4H3,(H2,29,31)/t19-/m1/s1. The van der Waals surface area contributed by atoms with E-state index < -0.39 is 0 Å². The number of rotatable bonds is 5. The Kier molecular flexibility index (Phi) is 6.36. The summed E-state index contributed by atoms with van der Waals surface area (Å²) in [7, 11) is 5.64. The van der Waals surface area contributed by atoms with E-state index in [0.717, 1.165) is 54.0 Å². The van der Waals surface area contributed by atoms with Gasteiger partial charge in [-0.3, -0.25) is 9.69 Å². The molecular weight excluding hydrogens is 450 g/mol. The molecule has 1 saturated heterocycles. The minimum Gasteiger partial charge on any atom is -0.384 e. The third-order valence-corrected chi connectivity index (χ3v) is 7.14. The molecule has 8 heteroatoms. The molecule has 186 valence electrons. The maximum absolute atomic E-state index is 12.2. The number of hydrogen-bond acceptors (Lipinski definition) is 6. The Hall–Kier alpha value is -3.91. The molecule has 0 spiro atoms. The average molecular weight is 484 g/mol. The zero-order chi connectivity index (χ0) is 25.4. The number of piperazine rings is 1. The zero-order valence-corrected chi connectivity index (χ0v) is 21.3. The largest absolute Gasteiger partial charge is 0.384 e. The molecule has 1 fully saturated rings. The van der Waals surface area contributed by atoms with Gasteiger partial charge in [0, 0.05) is 93.7 Å². The molecule has 5 rings (SSSR count). The van der Waals surface area contributed by atoms with Gasteiger partial charge in [0.1, 0.15) is 11.5 Å². The second-order valence-electron chi connectivity index (χ2n) is 9.77. The van der Waals surface area contributed by atoms with Crippen LogP contribution in [-0.2, 0) is 13.6 Å². The third kappa shape index (κ3) is 4.52. The Morgan fingerprint density at radius 2 is 1.86 bits per heavy atom. The van der Waals surface area contributed by atoms with Crippen LogP contribution >= 0.6 is 0 Å². The van der Waals surface area contributed by atoms with Crippen LogP contribution in [0.15, 0.2) is 60.9 Å². The summed E-state index contributed by atoms with van der Waals surface area (Å²) in [5.74, 6) is 0.545. The number of nitrogens with two attached hydrogens (primary N) is 1. The number of hydrogen-bond donors (Lipinski definition) is 1. The topological polar surface area (TPSA) is 83.5 Å². The molecule has 1 amide bonds. The first-order chi connectivity index (χ1) is 17.3. The summed E-state index contributed by atoms with van der Waals surface area (Å²) in [5, 5.41) is 1.13. The Labute approximate surface area is 212 Å². The van der Waals surface area contributed by atoms with Crippen molar-refractivity contribution in [3.8, 4) is 11.1 Å². The van der Waals surface area contributed by atoms with E-state index in [1.807, 2.05) is 42.7 Å². The molecule has 36 heavy (non-hydrogen) atoms. The van der Waals surface area contributed by atoms with E-state index in [9.17, 15) is 4.79 Å². The van der Waals surface area contributed by atoms with Crippen LogP contribution in [-0.4, -0.2) is 70.0 Å². The number of nitrogens with zero attached hydrogens (tertiary/aromatic N) is 6. The fraction of sp³-hybridized carbons (Fsp3) is 0.321. The SMILES string of the molecule is C[C@@H]1CN(c2ccc(C(=O)N(C)C)cc2)CCN1Cc1cc2c(-c3ccc(N)nc3)ccnc2n1C. The van der Waals surface area contributed by atoms with E-state index in [1.54, 1.807) is 19.0 Å². The number of aryl methyl sites for hydroxylation is 1. The Morgan fingerprint density at radius 3 is 2.53 bits per heavy atom. The first kappa shape index (κ1) is 23.8. The van der Waals surface area contributed by atoms with Crippen molar-refractivity contribution >= 4 is 28.4 Å². The van der Waals surface area contributed by atoms with Crippen molar-refractivity contribution in [2.75, 3.05) is 44.4 Å². The maximum atomic E-state index is 12.2. The predicted molar refractivity (Wildman–Crippen MR) is 145 cm³/mol. The highest BCUT2D eigenvalue weighted by Crippen LogP contribution is 2.30. The van der Waals surface area contributed by atoms with Crippen molar-refractivity contribution in [1.29, 1.82) is 0 Å². The number of anilines is 2. The molecule has 8 nitrogen and oxygen atoms in total. The highest BCUT2D eigenvalue weighted by Gasteiger charge is 2.25. The maximum Gasteiger partial charge on any atom is 0.253 e. The van der Waals surface area contributed by atoms with Gasteiger partial charge in [-0.2, -0.15) is 0 Å². The highest BCUT2D eigenvalue weighted by atomic mass is 16.2. The number of fused-ring (bicyclic) bond motifs is 1. The summed E-state index contributed by atoms with van der Waals surface area (Å²) in [6, 6.07) is 16.5. The Morgan fingerprint density at radius 1 is 1.08 bits per heavy atom. The van der Waals surface area contributed by atoms with Gasteiger partial charge in [-0.1, -0.05) is 0 Å². The summed E-state index contributed by atoms with van der Waals surface area (Å²) in [5.41, 5.74) is 12.0. The van der Waals surface area contributed by atoms with Crippen LogP contribution in [0.2, 0.25) is 0 Å². The first-order valence-corrected chi connectivity index (χ1v) is 12.3. The quantitative estimate of drug-likeness (QED) is 0.467. The van der Waals surface area contributed by atoms with E-state index in [2.05, 4.69) is 56.5 Å². The van der Waals surface area contributed by atoms with Crippen molar-refractivity contribution < 1.29 is 4.79 Å². The van der Waals surface area contributed by atoms with Crippen molar-refractivity contribution in [2.45, 2.75) is 19.5 Å². The van der Waals surface area contributed by atoms with Crippen LogP contribution < -0.4 is 10.6 Å². The van der Waals surface area contributed by atoms with Crippen LogP contribution in [0.3, 0.4) is 0 Å². The normalized spacial score (nSPS) is 16.4. The second kappa shape index (κ2) is 9.62. The molecular formula is C28H33N7O. The van der Waals surface area contributed by atoms with Crippen LogP contribution in [0.5, 0.6) is 0 Å². The van der Waals surface area contributed by atoms with Gasteiger partial charge in [0.05, 0.1) is 0 Å². The highest BCUT2D eigenvalue weighted by molar-refractivity contribution is 5.94. The molecule has 0 unspecified atom stereocenters. The molecule has 1 aromatic carbocycles. The number of nitrogen functional groups attached to an aromatic ring is 1. The lowest BCUT2D eigenvalue weighted by Gasteiger charge is -2.41. The fourth-order valence-electron chi connectivity index (χ4n) is 4.99.